The molecule has 1 aromatic rings. The third-order valence-corrected chi connectivity index (χ3v) is 7.80. The van der Waals surface area contributed by atoms with Crippen LogP contribution >= 0.6 is 11.3 Å². The average Bonchev–Trinajstić information content (AvgIpc) is 3.17. The number of carboxylic acid groups (broad SMARTS) is 1. The maximum Gasteiger partial charge on any atom is 0.348 e. The van der Waals surface area contributed by atoms with Crippen LogP contribution < -0.4 is 4.90 Å². The molecule has 2 aliphatic carbocycles. The van der Waals surface area contributed by atoms with Gasteiger partial charge in [-0.1, -0.05) is 19.1 Å². The summed E-state index contributed by atoms with van der Waals surface area (Å²) < 4.78 is 0. The summed E-state index contributed by atoms with van der Waals surface area (Å²) in [4.78, 5) is 28.6. The van der Waals surface area contributed by atoms with Crippen LogP contribution in [-0.2, 0) is 4.79 Å². The summed E-state index contributed by atoms with van der Waals surface area (Å²) in [5.41, 5.74) is 0.561. The van der Waals surface area contributed by atoms with Crippen LogP contribution in [0.3, 0.4) is 0 Å². The zero-order valence-corrected chi connectivity index (χ0v) is 19.0. The van der Waals surface area contributed by atoms with Crippen molar-refractivity contribution >= 4 is 28.9 Å². The number of nitrogens with zero attached hydrogens (tertiary/aromatic N) is 1. The first-order chi connectivity index (χ1) is 14.4. The molecular weight excluding hydrogens is 398 g/mol. The van der Waals surface area contributed by atoms with Gasteiger partial charge < -0.3 is 15.1 Å². The van der Waals surface area contributed by atoms with Crippen LogP contribution in [0.5, 0.6) is 0 Å². The summed E-state index contributed by atoms with van der Waals surface area (Å²) in [6.07, 6.45) is 12.0. The SMILES string of the molecule is CC(O)CCCN(C(=O)C1CCC(C)CC1)c1cc(C2CC=CCC2)sc1C(=O)O. The molecule has 1 saturated carbocycles. The number of carbonyl (C=O) groups is 2. The third kappa shape index (κ3) is 5.73. The Kier molecular flexibility index (Phi) is 8.12. The second kappa shape index (κ2) is 10.6. The normalized spacial score (nSPS) is 25.1. The molecule has 2 atom stereocenters. The number of carboxylic acids is 1. The highest BCUT2D eigenvalue weighted by Crippen LogP contribution is 2.41. The first kappa shape index (κ1) is 23.0. The van der Waals surface area contributed by atoms with Crippen LogP contribution in [0.4, 0.5) is 5.69 Å². The Morgan fingerprint density at radius 3 is 2.53 bits per heavy atom. The van der Waals surface area contributed by atoms with Gasteiger partial charge >= 0.3 is 5.97 Å². The molecule has 0 spiro atoms. The largest absolute Gasteiger partial charge is 0.477 e. The molecule has 0 bridgehead atoms. The predicted octanol–water partition coefficient (Wildman–Crippen LogP) is 5.59. The van der Waals surface area contributed by atoms with E-state index in [1.165, 1.54) is 11.3 Å². The van der Waals surface area contributed by atoms with Gasteiger partial charge in [-0.05, 0) is 82.6 Å². The number of thiophene rings is 1. The van der Waals surface area contributed by atoms with E-state index in [-0.39, 0.29) is 16.7 Å². The first-order valence-electron chi connectivity index (χ1n) is 11.4. The maximum atomic E-state index is 13.5. The van der Waals surface area contributed by atoms with Crippen molar-refractivity contribution in [2.24, 2.45) is 11.8 Å². The van der Waals surface area contributed by atoms with Gasteiger partial charge in [0.25, 0.3) is 0 Å². The quantitative estimate of drug-likeness (QED) is 0.524. The van der Waals surface area contributed by atoms with Crippen molar-refractivity contribution in [2.45, 2.75) is 83.7 Å². The summed E-state index contributed by atoms with van der Waals surface area (Å²) in [6.45, 7) is 4.43. The van der Waals surface area contributed by atoms with E-state index >= 15 is 0 Å². The molecule has 1 amide bonds. The van der Waals surface area contributed by atoms with Gasteiger partial charge in [-0.3, -0.25) is 4.79 Å². The van der Waals surface area contributed by atoms with Crippen LogP contribution in [0.25, 0.3) is 0 Å². The molecule has 6 heteroatoms. The lowest BCUT2D eigenvalue weighted by molar-refractivity contribution is -0.123. The van der Waals surface area contributed by atoms with Crippen LogP contribution in [0, 0.1) is 11.8 Å². The van der Waals surface area contributed by atoms with Gasteiger partial charge in [0.2, 0.25) is 5.91 Å². The van der Waals surface area contributed by atoms with E-state index in [9.17, 15) is 19.8 Å². The molecule has 2 N–H and O–H groups in total. The van der Waals surface area contributed by atoms with Crippen molar-refractivity contribution in [1.29, 1.82) is 0 Å². The summed E-state index contributed by atoms with van der Waals surface area (Å²) in [5, 5.41) is 19.6. The van der Waals surface area contributed by atoms with Crippen LogP contribution in [0.1, 0.15) is 92.1 Å². The number of allylic oxidation sites excluding steroid dienone is 2. The fourth-order valence-electron chi connectivity index (χ4n) is 4.63. The van der Waals surface area contributed by atoms with E-state index in [2.05, 4.69) is 19.1 Å². The Labute approximate surface area is 183 Å². The minimum absolute atomic E-state index is 0.0321. The van der Waals surface area contributed by atoms with Crippen molar-refractivity contribution in [2.75, 3.05) is 11.4 Å². The number of aliphatic hydroxyl groups excluding tert-OH is 1. The number of anilines is 1. The molecule has 0 aromatic carbocycles. The maximum absolute atomic E-state index is 13.5. The van der Waals surface area contributed by atoms with Gasteiger partial charge in [0, 0.05) is 17.3 Å². The van der Waals surface area contributed by atoms with E-state index in [4.69, 9.17) is 0 Å². The van der Waals surface area contributed by atoms with E-state index in [1.807, 2.05) is 6.07 Å². The predicted molar refractivity (Wildman–Crippen MR) is 121 cm³/mol. The second-order valence-electron chi connectivity index (χ2n) is 9.09. The van der Waals surface area contributed by atoms with Gasteiger partial charge in [-0.15, -0.1) is 11.3 Å². The van der Waals surface area contributed by atoms with Crippen molar-refractivity contribution < 1.29 is 19.8 Å². The van der Waals surface area contributed by atoms with Gasteiger partial charge in [0.05, 0.1) is 11.8 Å². The molecule has 1 fully saturated rings. The summed E-state index contributed by atoms with van der Waals surface area (Å²) in [6, 6.07) is 1.96. The standard InChI is InChI=1S/C24H35NO4S/c1-16-10-12-19(13-11-16)23(27)25(14-6-7-17(2)26)20-15-21(30-22(20)24(28)29)18-8-4-3-5-9-18/h3-4,15-19,26H,5-14H2,1-2H3,(H,28,29). The van der Waals surface area contributed by atoms with Crippen LogP contribution in [0.15, 0.2) is 18.2 Å². The fraction of sp³-hybridized carbons (Fsp3) is 0.667. The number of hydrogen-bond donors (Lipinski definition) is 2. The van der Waals surface area contributed by atoms with E-state index in [1.54, 1.807) is 11.8 Å². The van der Waals surface area contributed by atoms with E-state index in [0.717, 1.165) is 49.8 Å². The molecule has 166 valence electrons. The first-order valence-corrected chi connectivity index (χ1v) is 12.2. The monoisotopic (exact) mass is 433 g/mol. The van der Waals surface area contributed by atoms with E-state index < -0.39 is 12.1 Å². The highest BCUT2D eigenvalue weighted by molar-refractivity contribution is 7.14. The van der Waals surface area contributed by atoms with Crippen molar-refractivity contribution in [3.05, 3.63) is 28.0 Å². The molecule has 0 saturated heterocycles. The molecule has 30 heavy (non-hydrogen) atoms. The molecule has 3 rings (SSSR count). The molecule has 2 unspecified atom stereocenters. The summed E-state index contributed by atoms with van der Waals surface area (Å²) in [7, 11) is 0. The number of aliphatic hydroxyl groups is 1. The Morgan fingerprint density at radius 1 is 1.20 bits per heavy atom. The lowest BCUT2D eigenvalue weighted by Crippen LogP contribution is -2.39. The van der Waals surface area contributed by atoms with Crippen molar-refractivity contribution in [3.63, 3.8) is 0 Å². The van der Waals surface area contributed by atoms with Gasteiger partial charge in [0.15, 0.2) is 0 Å². The highest BCUT2D eigenvalue weighted by atomic mass is 32.1. The number of rotatable bonds is 8. The Morgan fingerprint density at radius 2 is 1.93 bits per heavy atom. The molecule has 5 nitrogen and oxygen atoms in total. The highest BCUT2D eigenvalue weighted by Gasteiger charge is 2.32. The Balaban J connectivity index is 1.88. The van der Waals surface area contributed by atoms with Gasteiger partial charge in [0.1, 0.15) is 4.88 Å². The minimum Gasteiger partial charge on any atom is -0.477 e. The number of hydrogen-bond acceptors (Lipinski definition) is 4. The lowest BCUT2D eigenvalue weighted by Gasteiger charge is -2.31. The summed E-state index contributed by atoms with van der Waals surface area (Å²) in [5.74, 6) is 0.0488. The van der Waals surface area contributed by atoms with Crippen molar-refractivity contribution in [1.82, 2.24) is 0 Å². The molecule has 1 aromatic heterocycles. The summed E-state index contributed by atoms with van der Waals surface area (Å²) >= 11 is 1.33. The second-order valence-corrected chi connectivity index (χ2v) is 10.2. The third-order valence-electron chi connectivity index (χ3n) is 6.52. The molecule has 0 radical (unpaired) electrons. The Hall–Kier alpha value is -1.66. The zero-order valence-electron chi connectivity index (χ0n) is 18.2. The van der Waals surface area contributed by atoms with Gasteiger partial charge in [-0.2, -0.15) is 0 Å². The van der Waals surface area contributed by atoms with E-state index in [0.29, 0.717) is 36.9 Å². The van der Waals surface area contributed by atoms with Gasteiger partial charge in [-0.25, -0.2) is 4.79 Å². The molecular formula is C24H35NO4S. The Bertz CT molecular complexity index is 761. The number of amides is 1. The zero-order chi connectivity index (χ0) is 21.7. The minimum atomic E-state index is -0.960. The average molecular weight is 434 g/mol. The fourth-order valence-corrected chi connectivity index (χ4v) is 5.78. The molecule has 0 aliphatic heterocycles. The molecule has 2 aliphatic rings. The van der Waals surface area contributed by atoms with Crippen LogP contribution in [-0.4, -0.2) is 34.7 Å². The van der Waals surface area contributed by atoms with Crippen molar-refractivity contribution in [3.8, 4) is 0 Å². The molecule has 1 heterocycles. The van der Waals surface area contributed by atoms with Crippen LogP contribution in [0.2, 0.25) is 0 Å². The topological polar surface area (TPSA) is 77.8 Å². The smallest absolute Gasteiger partial charge is 0.348 e. The lowest BCUT2D eigenvalue weighted by atomic mass is 9.82. The number of aromatic carboxylic acids is 1. The number of carbonyl (C=O) groups excluding carboxylic acids is 1.